The molecule has 0 heterocycles. The molecule has 0 unspecified atom stereocenters. The summed E-state index contributed by atoms with van der Waals surface area (Å²) in [4.78, 5) is 11.0. The molecule has 0 aliphatic carbocycles. The normalized spacial score (nSPS) is 9.62. The van der Waals surface area contributed by atoms with Crippen LogP contribution < -0.4 is 10.6 Å². The zero-order chi connectivity index (χ0) is 9.52. The Kier molecular flexibility index (Phi) is 3.99. The Bertz CT molecular complexity index is 259. The SMILES string of the molecule is CNCC(=O)NCc1ccccc1. The van der Waals surface area contributed by atoms with E-state index in [4.69, 9.17) is 0 Å². The smallest absolute Gasteiger partial charge is 0.234 e. The number of hydrogen-bond donors (Lipinski definition) is 2. The molecule has 0 aliphatic rings. The van der Waals surface area contributed by atoms with Gasteiger partial charge in [-0.15, -0.1) is 0 Å². The predicted molar refractivity (Wildman–Crippen MR) is 52.2 cm³/mol. The summed E-state index contributed by atoms with van der Waals surface area (Å²) < 4.78 is 0. The van der Waals surface area contributed by atoms with Crippen molar-refractivity contribution in [2.75, 3.05) is 13.6 Å². The van der Waals surface area contributed by atoms with E-state index in [-0.39, 0.29) is 5.91 Å². The van der Waals surface area contributed by atoms with Gasteiger partial charge < -0.3 is 10.6 Å². The van der Waals surface area contributed by atoms with Crippen molar-refractivity contribution in [3.8, 4) is 0 Å². The van der Waals surface area contributed by atoms with E-state index in [1.165, 1.54) is 0 Å². The van der Waals surface area contributed by atoms with Gasteiger partial charge in [0.1, 0.15) is 0 Å². The number of nitrogens with one attached hydrogen (secondary N) is 2. The molecule has 0 fully saturated rings. The molecule has 13 heavy (non-hydrogen) atoms. The van der Waals surface area contributed by atoms with Crippen LogP contribution in [0.5, 0.6) is 0 Å². The van der Waals surface area contributed by atoms with Crippen LogP contribution in [0, 0.1) is 0 Å². The third-order valence-corrected chi connectivity index (χ3v) is 1.67. The lowest BCUT2D eigenvalue weighted by Gasteiger charge is -2.03. The molecule has 2 N–H and O–H groups in total. The maximum atomic E-state index is 11.0. The van der Waals surface area contributed by atoms with Crippen molar-refractivity contribution in [1.82, 2.24) is 10.6 Å². The van der Waals surface area contributed by atoms with Crippen LogP contribution in [-0.2, 0) is 11.3 Å². The maximum absolute atomic E-state index is 11.0. The summed E-state index contributed by atoms with van der Waals surface area (Å²) >= 11 is 0. The van der Waals surface area contributed by atoms with Crippen molar-refractivity contribution in [3.63, 3.8) is 0 Å². The van der Waals surface area contributed by atoms with Crippen LogP contribution in [0.3, 0.4) is 0 Å². The molecular formula is C10H14N2O. The topological polar surface area (TPSA) is 41.1 Å². The van der Waals surface area contributed by atoms with Crippen molar-refractivity contribution in [1.29, 1.82) is 0 Å². The van der Waals surface area contributed by atoms with Gasteiger partial charge in [0, 0.05) is 6.54 Å². The number of likely N-dealkylation sites (N-methyl/N-ethyl adjacent to an activating group) is 1. The summed E-state index contributed by atoms with van der Waals surface area (Å²) in [6, 6.07) is 9.84. The van der Waals surface area contributed by atoms with Crippen LogP contribution in [-0.4, -0.2) is 19.5 Å². The van der Waals surface area contributed by atoms with Gasteiger partial charge in [0.05, 0.1) is 6.54 Å². The number of carbonyl (C=O) groups is 1. The van der Waals surface area contributed by atoms with Crippen molar-refractivity contribution < 1.29 is 4.79 Å². The first-order chi connectivity index (χ1) is 6.33. The second-order valence-corrected chi connectivity index (χ2v) is 2.79. The van der Waals surface area contributed by atoms with Crippen LogP contribution in [0.2, 0.25) is 0 Å². The highest BCUT2D eigenvalue weighted by molar-refractivity contribution is 5.77. The molecule has 3 heteroatoms. The van der Waals surface area contributed by atoms with Gasteiger partial charge in [-0.1, -0.05) is 30.3 Å². The molecule has 0 bridgehead atoms. The fraction of sp³-hybridized carbons (Fsp3) is 0.300. The molecule has 0 spiro atoms. The lowest BCUT2D eigenvalue weighted by molar-refractivity contribution is -0.120. The molecule has 70 valence electrons. The number of rotatable bonds is 4. The van der Waals surface area contributed by atoms with E-state index in [9.17, 15) is 4.79 Å². The molecule has 1 aromatic carbocycles. The third-order valence-electron chi connectivity index (χ3n) is 1.67. The highest BCUT2D eigenvalue weighted by atomic mass is 16.1. The minimum atomic E-state index is 0.0198. The Labute approximate surface area is 78.2 Å². The minimum Gasteiger partial charge on any atom is -0.351 e. The lowest BCUT2D eigenvalue weighted by Crippen LogP contribution is -2.31. The molecule has 1 rings (SSSR count). The van der Waals surface area contributed by atoms with Crippen molar-refractivity contribution >= 4 is 5.91 Å². The first-order valence-corrected chi connectivity index (χ1v) is 4.28. The van der Waals surface area contributed by atoms with Gasteiger partial charge in [0.2, 0.25) is 5.91 Å². The van der Waals surface area contributed by atoms with Crippen molar-refractivity contribution in [2.45, 2.75) is 6.54 Å². The third kappa shape index (κ3) is 3.71. The van der Waals surface area contributed by atoms with Crippen molar-refractivity contribution in [3.05, 3.63) is 35.9 Å². The first-order valence-electron chi connectivity index (χ1n) is 4.28. The monoisotopic (exact) mass is 178 g/mol. The summed E-state index contributed by atoms with van der Waals surface area (Å²) in [5, 5.41) is 5.59. The summed E-state index contributed by atoms with van der Waals surface area (Å²) in [6.07, 6.45) is 0. The van der Waals surface area contributed by atoms with Crippen LogP contribution in [0.1, 0.15) is 5.56 Å². The molecule has 0 aliphatic heterocycles. The van der Waals surface area contributed by atoms with Gasteiger partial charge in [-0.05, 0) is 12.6 Å². The highest BCUT2D eigenvalue weighted by Crippen LogP contribution is 1.96. The summed E-state index contributed by atoms with van der Waals surface area (Å²) in [5.41, 5.74) is 1.12. The molecule has 0 atom stereocenters. The molecule has 0 saturated heterocycles. The predicted octanol–water partition coefficient (Wildman–Crippen LogP) is 0.522. The Morgan fingerprint density at radius 1 is 1.31 bits per heavy atom. The number of benzene rings is 1. The van der Waals surface area contributed by atoms with Gasteiger partial charge in [-0.2, -0.15) is 0 Å². The van der Waals surface area contributed by atoms with Gasteiger partial charge in [0.25, 0.3) is 0 Å². The quantitative estimate of drug-likeness (QED) is 0.706. The standard InChI is InChI=1S/C10H14N2O/c1-11-8-10(13)12-7-9-5-3-2-4-6-9/h2-6,11H,7-8H2,1H3,(H,12,13). The minimum absolute atomic E-state index is 0.0198. The molecule has 1 aromatic rings. The molecule has 0 saturated carbocycles. The van der Waals surface area contributed by atoms with E-state index in [0.29, 0.717) is 13.1 Å². The average Bonchev–Trinajstić information content (AvgIpc) is 2.17. The number of carbonyl (C=O) groups excluding carboxylic acids is 1. The van der Waals surface area contributed by atoms with Gasteiger partial charge >= 0.3 is 0 Å². The summed E-state index contributed by atoms with van der Waals surface area (Å²) in [7, 11) is 1.75. The maximum Gasteiger partial charge on any atom is 0.234 e. The number of hydrogen-bond acceptors (Lipinski definition) is 2. The molecule has 0 aromatic heterocycles. The zero-order valence-electron chi connectivity index (χ0n) is 7.71. The Hall–Kier alpha value is -1.35. The van der Waals surface area contributed by atoms with E-state index in [1.807, 2.05) is 30.3 Å². The second-order valence-electron chi connectivity index (χ2n) is 2.79. The van der Waals surface area contributed by atoms with Crippen LogP contribution in [0.15, 0.2) is 30.3 Å². The first kappa shape index (κ1) is 9.74. The molecule has 1 amide bonds. The van der Waals surface area contributed by atoms with Gasteiger partial charge in [-0.25, -0.2) is 0 Å². The van der Waals surface area contributed by atoms with Crippen LogP contribution in [0.25, 0.3) is 0 Å². The molecule has 3 nitrogen and oxygen atoms in total. The van der Waals surface area contributed by atoms with Crippen LogP contribution >= 0.6 is 0 Å². The lowest BCUT2D eigenvalue weighted by atomic mass is 10.2. The van der Waals surface area contributed by atoms with E-state index < -0.39 is 0 Å². The van der Waals surface area contributed by atoms with E-state index in [1.54, 1.807) is 7.05 Å². The fourth-order valence-corrected chi connectivity index (χ4v) is 1.02. The van der Waals surface area contributed by atoms with E-state index in [2.05, 4.69) is 10.6 Å². The average molecular weight is 178 g/mol. The number of amides is 1. The van der Waals surface area contributed by atoms with Gasteiger partial charge in [-0.3, -0.25) is 4.79 Å². The largest absolute Gasteiger partial charge is 0.351 e. The Morgan fingerprint density at radius 3 is 2.62 bits per heavy atom. The molecular weight excluding hydrogens is 164 g/mol. The fourth-order valence-electron chi connectivity index (χ4n) is 1.02. The Morgan fingerprint density at radius 2 is 2.00 bits per heavy atom. The van der Waals surface area contributed by atoms with Crippen LogP contribution in [0.4, 0.5) is 0 Å². The van der Waals surface area contributed by atoms with Gasteiger partial charge in [0.15, 0.2) is 0 Å². The molecule has 0 radical (unpaired) electrons. The van der Waals surface area contributed by atoms with E-state index in [0.717, 1.165) is 5.56 Å². The summed E-state index contributed by atoms with van der Waals surface area (Å²) in [5.74, 6) is 0.0198. The Balaban J connectivity index is 2.31. The van der Waals surface area contributed by atoms with E-state index >= 15 is 0 Å². The second kappa shape index (κ2) is 5.32. The van der Waals surface area contributed by atoms with Crippen molar-refractivity contribution in [2.24, 2.45) is 0 Å². The highest BCUT2D eigenvalue weighted by Gasteiger charge is 1.97. The zero-order valence-corrected chi connectivity index (χ0v) is 7.71. The summed E-state index contributed by atoms with van der Waals surface area (Å²) in [6.45, 7) is 0.966.